The largest absolute Gasteiger partial charge is 0.508 e. The van der Waals surface area contributed by atoms with E-state index in [0.29, 0.717) is 5.92 Å². The van der Waals surface area contributed by atoms with E-state index < -0.39 is 0 Å². The average molecular weight is 297 g/mol. The first-order valence-electron chi connectivity index (χ1n) is 7.82. The zero-order valence-corrected chi connectivity index (χ0v) is 13.4. The third-order valence-electron chi connectivity index (χ3n) is 4.23. The van der Waals surface area contributed by atoms with Gasteiger partial charge in [0.1, 0.15) is 17.6 Å². The molecule has 3 nitrogen and oxygen atoms in total. The quantitative estimate of drug-likeness (QED) is 0.931. The molecule has 116 valence electrons. The summed E-state index contributed by atoms with van der Waals surface area (Å²) >= 11 is 0. The molecule has 0 spiro atoms. The van der Waals surface area contributed by atoms with Gasteiger partial charge in [-0.3, -0.25) is 0 Å². The van der Waals surface area contributed by atoms with Crippen LogP contribution in [0.3, 0.4) is 0 Å². The topological polar surface area (TPSA) is 32.7 Å². The molecule has 3 heteroatoms. The van der Waals surface area contributed by atoms with Gasteiger partial charge in [0, 0.05) is 19.5 Å². The Hall–Kier alpha value is -2.16. The normalized spacial score (nSPS) is 17.3. The van der Waals surface area contributed by atoms with E-state index in [1.54, 1.807) is 12.1 Å². The molecule has 0 saturated carbocycles. The Morgan fingerprint density at radius 3 is 2.59 bits per heavy atom. The van der Waals surface area contributed by atoms with E-state index in [0.717, 1.165) is 24.4 Å². The number of phenolic OH excluding ortho intramolecular Hbond substituents is 1. The van der Waals surface area contributed by atoms with Crippen molar-refractivity contribution in [3.8, 4) is 11.5 Å². The Labute approximate surface area is 132 Å². The van der Waals surface area contributed by atoms with Gasteiger partial charge in [-0.25, -0.2) is 0 Å². The Morgan fingerprint density at radius 1 is 1.18 bits per heavy atom. The molecule has 0 bridgehead atoms. The maximum atomic E-state index is 9.60. The van der Waals surface area contributed by atoms with E-state index in [9.17, 15) is 5.11 Å². The fourth-order valence-corrected chi connectivity index (χ4v) is 2.93. The van der Waals surface area contributed by atoms with Crippen LogP contribution in [-0.2, 0) is 6.42 Å². The van der Waals surface area contributed by atoms with Gasteiger partial charge in [0.25, 0.3) is 0 Å². The third-order valence-corrected chi connectivity index (χ3v) is 4.23. The molecule has 1 aliphatic rings. The molecule has 0 saturated heterocycles. The van der Waals surface area contributed by atoms with Crippen molar-refractivity contribution in [3.63, 3.8) is 0 Å². The SMILES string of the molecule is CC(C)c1ccc(CC2CN(C)c3cc(O)ccc3O2)cc1. The lowest BCUT2D eigenvalue weighted by Crippen LogP contribution is -2.38. The summed E-state index contributed by atoms with van der Waals surface area (Å²) in [6.07, 6.45) is 1.02. The number of hydrogen-bond acceptors (Lipinski definition) is 3. The molecule has 3 rings (SSSR count). The second-order valence-electron chi connectivity index (χ2n) is 6.37. The Morgan fingerprint density at radius 2 is 1.91 bits per heavy atom. The minimum atomic E-state index is 0.131. The van der Waals surface area contributed by atoms with Gasteiger partial charge < -0.3 is 14.7 Å². The number of aromatic hydroxyl groups is 1. The first-order valence-corrected chi connectivity index (χ1v) is 7.82. The summed E-state index contributed by atoms with van der Waals surface area (Å²) in [5.41, 5.74) is 3.61. The van der Waals surface area contributed by atoms with Gasteiger partial charge in [-0.1, -0.05) is 38.1 Å². The highest BCUT2D eigenvalue weighted by atomic mass is 16.5. The second-order valence-corrected chi connectivity index (χ2v) is 6.37. The average Bonchev–Trinajstić information content (AvgIpc) is 2.49. The van der Waals surface area contributed by atoms with Crippen molar-refractivity contribution < 1.29 is 9.84 Å². The zero-order valence-electron chi connectivity index (χ0n) is 13.4. The number of anilines is 1. The molecule has 2 aromatic rings. The van der Waals surface area contributed by atoms with Crippen LogP contribution in [0.1, 0.15) is 30.9 Å². The predicted octanol–water partition coefficient (Wildman–Crippen LogP) is 3.96. The van der Waals surface area contributed by atoms with E-state index in [1.807, 2.05) is 13.1 Å². The van der Waals surface area contributed by atoms with Crippen molar-refractivity contribution in [2.75, 3.05) is 18.5 Å². The summed E-state index contributed by atoms with van der Waals surface area (Å²) in [6.45, 7) is 5.24. The van der Waals surface area contributed by atoms with E-state index in [-0.39, 0.29) is 11.9 Å². The number of nitrogens with zero attached hydrogens (tertiary/aromatic N) is 1. The number of benzene rings is 2. The molecular weight excluding hydrogens is 274 g/mol. The van der Waals surface area contributed by atoms with Crippen LogP contribution in [-0.4, -0.2) is 24.8 Å². The van der Waals surface area contributed by atoms with Crippen LogP contribution in [0.25, 0.3) is 0 Å². The molecule has 1 unspecified atom stereocenters. The Bertz CT molecular complexity index is 649. The summed E-state index contributed by atoms with van der Waals surface area (Å²) in [5, 5.41) is 9.60. The standard InChI is InChI=1S/C19H23NO2/c1-13(2)15-6-4-14(5-7-15)10-17-12-20(3)18-11-16(21)8-9-19(18)22-17/h4-9,11,13,17,21H,10,12H2,1-3H3. The van der Waals surface area contributed by atoms with Crippen LogP contribution in [0, 0.1) is 0 Å². The molecule has 1 aliphatic heterocycles. The van der Waals surface area contributed by atoms with Crippen LogP contribution >= 0.6 is 0 Å². The molecule has 2 aromatic carbocycles. The van der Waals surface area contributed by atoms with Crippen LogP contribution in [0.4, 0.5) is 5.69 Å². The van der Waals surface area contributed by atoms with Gasteiger partial charge in [0.2, 0.25) is 0 Å². The van der Waals surface area contributed by atoms with Crippen molar-refractivity contribution in [2.45, 2.75) is 32.3 Å². The second kappa shape index (κ2) is 5.91. The van der Waals surface area contributed by atoms with Crippen molar-refractivity contribution in [1.29, 1.82) is 0 Å². The van der Waals surface area contributed by atoms with Crippen molar-refractivity contribution in [1.82, 2.24) is 0 Å². The van der Waals surface area contributed by atoms with Gasteiger partial charge in [0.15, 0.2) is 0 Å². The highest BCUT2D eigenvalue weighted by molar-refractivity contribution is 5.62. The lowest BCUT2D eigenvalue weighted by atomic mass is 9.99. The van der Waals surface area contributed by atoms with E-state index in [2.05, 4.69) is 43.0 Å². The minimum Gasteiger partial charge on any atom is -0.508 e. The molecule has 0 amide bonds. The molecule has 1 N–H and O–H groups in total. The number of hydrogen-bond donors (Lipinski definition) is 1. The lowest BCUT2D eigenvalue weighted by Gasteiger charge is -2.34. The highest BCUT2D eigenvalue weighted by Crippen LogP contribution is 2.35. The molecule has 1 atom stereocenters. The molecule has 0 fully saturated rings. The smallest absolute Gasteiger partial charge is 0.143 e. The first-order chi connectivity index (χ1) is 10.5. The zero-order chi connectivity index (χ0) is 15.7. The Kier molecular flexibility index (Phi) is 3.97. The fourth-order valence-electron chi connectivity index (χ4n) is 2.93. The third kappa shape index (κ3) is 3.03. The molecular formula is C19H23NO2. The maximum Gasteiger partial charge on any atom is 0.143 e. The van der Waals surface area contributed by atoms with Crippen LogP contribution in [0.2, 0.25) is 0 Å². The number of phenols is 1. The molecule has 1 heterocycles. The summed E-state index contributed by atoms with van der Waals surface area (Å²) in [7, 11) is 2.04. The van der Waals surface area contributed by atoms with E-state index in [1.165, 1.54) is 11.1 Å². The van der Waals surface area contributed by atoms with Gasteiger partial charge >= 0.3 is 0 Å². The number of likely N-dealkylation sites (N-methyl/N-ethyl adjacent to an activating group) is 1. The van der Waals surface area contributed by atoms with Gasteiger partial charge in [-0.05, 0) is 29.2 Å². The van der Waals surface area contributed by atoms with E-state index in [4.69, 9.17) is 4.74 Å². The lowest BCUT2D eigenvalue weighted by molar-refractivity contribution is 0.196. The van der Waals surface area contributed by atoms with Gasteiger partial charge in [0.05, 0.1) is 12.2 Å². The Balaban J connectivity index is 1.73. The van der Waals surface area contributed by atoms with Crippen molar-refractivity contribution in [2.24, 2.45) is 0 Å². The highest BCUT2D eigenvalue weighted by Gasteiger charge is 2.24. The summed E-state index contributed by atoms with van der Waals surface area (Å²) < 4.78 is 6.09. The number of rotatable bonds is 3. The molecule has 0 radical (unpaired) electrons. The molecule has 22 heavy (non-hydrogen) atoms. The maximum absolute atomic E-state index is 9.60. The van der Waals surface area contributed by atoms with Crippen LogP contribution in [0.5, 0.6) is 11.5 Å². The first kappa shape index (κ1) is 14.8. The summed E-state index contributed by atoms with van der Waals surface area (Å²) in [6, 6.07) is 14.1. The minimum absolute atomic E-state index is 0.131. The number of ether oxygens (including phenoxy) is 1. The van der Waals surface area contributed by atoms with Crippen LogP contribution in [0.15, 0.2) is 42.5 Å². The van der Waals surface area contributed by atoms with Crippen molar-refractivity contribution in [3.05, 3.63) is 53.6 Å². The fraction of sp³-hybridized carbons (Fsp3) is 0.368. The van der Waals surface area contributed by atoms with E-state index >= 15 is 0 Å². The van der Waals surface area contributed by atoms with Gasteiger partial charge in [-0.15, -0.1) is 0 Å². The predicted molar refractivity (Wildman–Crippen MR) is 90.0 cm³/mol. The number of fused-ring (bicyclic) bond motifs is 1. The molecule has 0 aliphatic carbocycles. The van der Waals surface area contributed by atoms with Crippen molar-refractivity contribution >= 4 is 5.69 Å². The monoisotopic (exact) mass is 297 g/mol. The van der Waals surface area contributed by atoms with Crippen LogP contribution < -0.4 is 9.64 Å². The summed E-state index contributed by atoms with van der Waals surface area (Å²) in [5.74, 6) is 1.68. The van der Waals surface area contributed by atoms with Gasteiger partial charge in [-0.2, -0.15) is 0 Å². The molecule has 0 aromatic heterocycles. The summed E-state index contributed by atoms with van der Waals surface area (Å²) in [4.78, 5) is 2.14.